The minimum absolute atomic E-state index is 0.0500. The van der Waals surface area contributed by atoms with Crippen molar-refractivity contribution in [3.63, 3.8) is 0 Å². The maximum atomic E-state index is 12.0. The van der Waals surface area contributed by atoms with E-state index >= 15 is 0 Å². The average Bonchev–Trinajstić information content (AvgIpc) is 2.66. The molecular formula is C20H25N3O4. The third kappa shape index (κ3) is 5.15. The molecular weight excluding hydrogens is 346 g/mol. The summed E-state index contributed by atoms with van der Waals surface area (Å²) in [6.07, 6.45) is 4.71. The SMILES string of the molecule is C[C@@H]1CCCC[C@H]1NC(=O)COC(=O)CCc1nc2ccccc2c(=O)[nH]1. The summed E-state index contributed by atoms with van der Waals surface area (Å²) < 4.78 is 5.05. The number of rotatable bonds is 6. The first-order valence-electron chi connectivity index (χ1n) is 9.46. The zero-order valence-corrected chi connectivity index (χ0v) is 15.5. The van der Waals surface area contributed by atoms with Crippen molar-refractivity contribution in [3.05, 3.63) is 40.4 Å². The van der Waals surface area contributed by atoms with Gasteiger partial charge in [-0.25, -0.2) is 4.98 Å². The highest BCUT2D eigenvalue weighted by atomic mass is 16.5. The van der Waals surface area contributed by atoms with Gasteiger partial charge in [-0.05, 0) is 30.9 Å². The third-order valence-electron chi connectivity index (χ3n) is 5.05. The van der Waals surface area contributed by atoms with Crippen LogP contribution in [0.15, 0.2) is 29.1 Å². The van der Waals surface area contributed by atoms with Crippen LogP contribution in [-0.4, -0.2) is 34.5 Å². The lowest BCUT2D eigenvalue weighted by molar-refractivity contribution is -0.148. The number of H-pyrrole nitrogens is 1. The smallest absolute Gasteiger partial charge is 0.306 e. The molecule has 27 heavy (non-hydrogen) atoms. The van der Waals surface area contributed by atoms with Crippen molar-refractivity contribution in [1.29, 1.82) is 0 Å². The van der Waals surface area contributed by atoms with Gasteiger partial charge in [0.05, 0.1) is 17.3 Å². The van der Waals surface area contributed by atoms with Crippen LogP contribution < -0.4 is 10.9 Å². The number of aryl methyl sites for hydroxylation is 1. The number of para-hydroxylation sites is 1. The Morgan fingerprint density at radius 2 is 2.04 bits per heavy atom. The summed E-state index contributed by atoms with van der Waals surface area (Å²) in [4.78, 5) is 42.9. The van der Waals surface area contributed by atoms with Crippen molar-refractivity contribution in [2.45, 2.75) is 51.5 Å². The third-order valence-corrected chi connectivity index (χ3v) is 5.05. The lowest BCUT2D eigenvalue weighted by Crippen LogP contribution is -2.42. The van der Waals surface area contributed by atoms with Crippen LogP contribution >= 0.6 is 0 Å². The monoisotopic (exact) mass is 371 g/mol. The van der Waals surface area contributed by atoms with Crippen LogP contribution in [0.25, 0.3) is 10.9 Å². The summed E-state index contributed by atoms with van der Waals surface area (Å²) in [5, 5.41) is 3.46. The van der Waals surface area contributed by atoms with E-state index in [1.54, 1.807) is 24.3 Å². The molecule has 1 aromatic heterocycles. The average molecular weight is 371 g/mol. The Morgan fingerprint density at radius 3 is 2.85 bits per heavy atom. The number of ether oxygens (including phenoxy) is 1. The first-order valence-corrected chi connectivity index (χ1v) is 9.46. The van der Waals surface area contributed by atoms with Crippen molar-refractivity contribution >= 4 is 22.8 Å². The number of benzene rings is 1. The van der Waals surface area contributed by atoms with Crippen molar-refractivity contribution in [3.8, 4) is 0 Å². The Hall–Kier alpha value is -2.70. The molecule has 1 fully saturated rings. The number of aromatic amines is 1. The number of aromatic nitrogens is 2. The molecule has 2 atom stereocenters. The molecule has 0 spiro atoms. The molecule has 144 valence electrons. The van der Waals surface area contributed by atoms with Crippen LogP contribution in [0.4, 0.5) is 0 Å². The molecule has 1 amide bonds. The summed E-state index contributed by atoms with van der Waals surface area (Å²) in [6.45, 7) is 1.86. The highest BCUT2D eigenvalue weighted by Crippen LogP contribution is 2.23. The first-order chi connectivity index (χ1) is 13.0. The summed E-state index contributed by atoms with van der Waals surface area (Å²) >= 11 is 0. The number of carbonyl (C=O) groups excluding carboxylic acids is 2. The Balaban J connectivity index is 1.45. The fourth-order valence-corrected chi connectivity index (χ4v) is 3.47. The van der Waals surface area contributed by atoms with Gasteiger partial charge in [0, 0.05) is 12.5 Å². The molecule has 1 aromatic carbocycles. The zero-order chi connectivity index (χ0) is 19.2. The van der Waals surface area contributed by atoms with Gasteiger partial charge in [-0.1, -0.05) is 31.9 Å². The largest absolute Gasteiger partial charge is 0.456 e. The minimum atomic E-state index is -0.488. The van der Waals surface area contributed by atoms with Gasteiger partial charge in [-0.3, -0.25) is 14.4 Å². The number of fused-ring (bicyclic) bond motifs is 1. The van der Waals surface area contributed by atoms with Gasteiger partial charge in [-0.2, -0.15) is 0 Å². The zero-order valence-electron chi connectivity index (χ0n) is 15.5. The van der Waals surface area contributed by atoms with Crippen LogP contribution in [0.3, 0.4) is 0 Å². The molecule has 1 heterocycles. The van der Waals surface area contributed by atoms with E-state index in [9.17, 15) is 14.4 Å². The van der Waals surface area contributed by atoms with Crippen LogP contribution in [0.1, 0.15) is 44.9 Å². The van der Waals surface area contributed by atoms with E-state index in [4.69, 9.17) is 4.74 Å². The molecule has 1 aliphatic rings. The van der Waals surface area contributed by atoms with E-state index in [1.807, 2.05) is 0 Å². The fourth-order valence-electron chi connectivity index (χ4n) is 3.47. The quantitative estimate of drug-likeness (QED) is 0.757. The molecule has 3 rings (SSSR count). The number of hydrogen-bond acceptors (Lipinski definition) is 5. The minimum Gasteiger partial charge on any atom is -0.456 e. The normalized spacial score (nSPS) is 19.6. The van der Waals surface area contributed by atoms with Crippen LogP contribution in [0, 0.1) is 5.92 Å². The molecule has 1 aliphatic carbocycles. The van der Waals surface area contributed by atoms with Crippen LogP contribution in [0.5, 0.6) is 0 Å². The van der Waals surface area contributed by atoms with E-state index in [2.05, 4.69) is 22.2 Å². The lowest BCUT2D eigenvalue weighted by Gasteiger charge is -2.29. The maximum absolute atomic E-state index is 12.0. The Kier molecular flexibility index (Phi) is 6.21. The van der Waals surface area contributed by atoms with Gasteiger partial charge >= 0.3 is 5.97 Å². The number of esters is 1. The molecule has 2 aromatic rings. The van der Waals surface area contributed by atoms with Crippen molar-refractivity contribution in [2.24, 2.45) is 5.92 Å². The second kappa shape index (κ2) is 8.79. The van der Waals surface area contributed by atoms with Gasteiger partial charge in [0.15, 0.2) is 6.61 Å². The fraction of sp³-hybridized carbons (Fsp3) is 0.500. The maximum Gasteiger partial charge on any atom is 0.306 e. The number of amides is 1. The van der Waals surface area contributed by atoms with E-state index < -0.39 is 5.97 Å². The van der Waals surface area contributed by atoms with Gasteiger partial charge in [0.25, 0.3) is 11.5 Å². The molecule has 0 aliphatic heterocycles. The highest BCUT2D eigenvalue weighted by Gasteiger charge is 2.23. The highest BCUT2D eigenvalue weighted by molar-refractivity contribution is 5.81. The molecule has 2 N–H and O–H groups in total. The predicted octanol–water partition coefficient (Wildman–Crippen LogP) is 2.09. The van der Waals surface area contributed by atoms with Gasteiger partial charge in [0.1, 0.15) is 5.82 Å². The molecule has 0 saturated heterocycles. The predicted molar refractivity (Wildman–Crippen MR) is 101 cm³/mol. The molecule has 0 radical (unpaired) electrons. The summed E-state index contributed by atoms with van der Waals surface area (Å²) in [5.41, 5.74) is 0.357. The standard InChI is InChI=1S/C20H25N3O4/c1-13-6-2-4-8-15(13)22-18(24)12-27-19(25)11-10-17-21-16-9-5-3-7-14(16)20(26)23-17/h3,5,7,9,13,15H,2,4,6,8,10-12H2,1H3,(H,22,24)(H,21,23,26)/t13-,15-/m1/s1. The van der Waals surface area contributed by atoms with Gasteiger partial charge in [-0.15, -0.1) is 0 Å². The van der Waals surface area contributed by atoms with E-state index in [0.717, 1.165) is 19.3 Å². The van der Waals surface area contributed by atoms with Crippen LogP contribution in [0.2, 0.25) is 0 Å². The Morgan fingerprint density at radius 1 is 1.26 bits per heavy atom. The number of nitrogens with one attached hydrogen (secondary N) is 2. The van der Waals surface area contributed by atoms with Crippen molar-refractivity contribution in [2.75, 3.05) is 6.61 Å². The second-order valence-electron chi connectivity index (χ2n) is 7.13. The summed E-state index contributed by atoms with van der Waals surface area (Å²) in [6, 6.07) is 7.19. The lowest BCUT2D eigenvalue weighted by atomic mass is 9.86. The summed E-state index contributed by atoms with van der Waals surface area (Å²) in [7, 11) is 0. The number of carbonyl (C=O) groups is 2. The first kappa shape index (κ1) is 19.1. The van der Waals surface area contributed by atoms with Crippen LogP contribution in [-0.2, 0) is 20.7 Å². The van der Waals surface area contributed by atoms with Crippen molar-refractivity contribution < 1.29 is 14.3 Å². The Labute approximate surface area is 157 Å². The van der Waals surface area contributed by atoms with E-state index in [-0.39, 0.29) is 37.0 Å². The number of hydrogen-bond donors (Lipinski definition) is 2. The number of nitrogens with zero attached hydrogens (tertiary/aromatic N) is 1. The molecule has 0 bridgehead atoms. The Bertz CT molecular complexity index is 877. The van der Waals surface area contributed by atoms with E-state index in [1.165, 1.54) is 6.42 Å². The molecule has 7 heteroatoms. The topological polar surface area (TPSA) is 101 Å². The molecule has 7 nitrogen and oxygen atoms in total. The van der Waals surface area contributed by atoms with Crippen molar-refractivity contribution in [1.82, 2.24) is 15.3 Å². The molecule has 1 saturated carbocycles. The molecule has 0 unspecified atom stereocenters. The summed E-state index contributed by atoms with van der Waals surface area (Å²) in [5.74, 6) is 0.127. The van der Waals surface area contributed by atoms with Gasteiger partial charge in [0.2, 0.25) is 0 Å². The van der Waals surface area contributed by atoms with Gasteiger partial charge < -0.3 is 15.0 Å². The van der Waals surface area contributed by atoms with E-state index in [0.29, 0.717) is 22.6 Å². The second-order valence-corrected chi connectivity index (χ2v) is 7.13.